The van der Waals surface area contributed by atoms with Gasteiger partial charge in [0, 0.05) is 12.5 Å². The van der Waals surface area contributed by atoms with E-state index in [0.717, 1.165) is 19.3 Å². The molecule has 5 nitrogen and oxygen atoms in total. The predicted molar refractivity (Wildman–Crippen MR) is 83.3 cm³/mol. The number of hydrogen-bond acceptors (Lipinski definition) is 4. The van der Waals surface area contributed by atoms with E-state index in [0.29, 0.717) is 25.9 Å². The number of benzene rings is 1. The van der Waals surface area contributed by atoms with Gasteiger partial charge in [0.15, 0.2) is 0 Å². The maximum atomic E-state index is 12.1. The van der Waals surface area contributed by atoms with Gasteiger partial charge in [-0.05, 0) is 37.7 Å². The van der Waals surface area contributed by atoms with Gasteiger partial charge in [0.2, 0.25) is 11.8 Å². The molecule has 2 aliphatic rings. The summed E-state index contributed by atoms with van der Waals surface area (Å²) in [4.78, 5) is 37.0. The topological polar surface area (TPSA) is 63.7 Å². The average Bonchev–Trinajstić information content (AvgIpc) is 3.09. The van der Waals surface area contributed by atoms with Crippen molar-refractivity contribution in [1.29, 1.82) is 0 Å². The maximum absolute atomic E-state index is 12.1. The van der Waals surface area contributed by atoms with E-state index in [4.69, 9.17) is 4.74 Å². The molecule has 2 saturated heterocycles. The number of amides is 2. The van der Waals surface area contributed by atoms with Crippen LogP contribution < -0.4 is 0 Å². The van der Waals surface area contributed by atoms with Crippen LogP contribution in [0.15, 0.2) is 30.3 Å². The van der Waals surface area contributed by atoms with Gasteiger partial charge in [-0.3, -0.25) is 19.3 Å². The van der Waals surface area contributed by atoms with Crippen molar-refractivity contribution in [3.63, 3.8) is 0 Å². The molecule has 1 aromatic rings. The molecule has 0 N–H and O–H groups in total. The molecule has 2 unspecified atom stereocenters. The minimum Gasteiger partial charge on any atom is -0.465 e. The van der Waals surface area contributed by atoms with Gasteiger partial charge >= 0.3 is 5.97 Å². The number of hydrogen-bond donors (Lipinski definition) is 0. The Kier molecular flexibility index (Phi) is 4.74. The molecule has 2 aliphatic heterocycles. The fourth-order valence-corrected chi connectivity index (χ4v) is 3.36. The van der Waals surface area contributed by atoms with Crippen LogP contribution in [0.1, 0.15) is 37.7 Å². The van der Waals surface area contributed by atoms with Gasteiger partial charge in [0.05, 0.1) is 6.61 Å². The summed E-state index contributed by atoms with van der Waals surface area (Å²) in [5.74, 6) is -1.78. The molecule has 5 heteroatoms. The Morgan fingerprint density at radius 1 is 1.17 bits per heavy atom. The Bertz CT molecular complexity index is 598. The van der Waals surface area contributed by atoms with Crippen molar-refractivity contribution in [3.8, 4) is 0 Å². The summed E-state index contributed by atoms with van der Waals surface area (Å²) < 4.78 is 5.24. The SMILES string of the molecule is O=C(OCCCCc1ccccc1)C1CC2CCC(=O)N2C1=O. The molecule has 0 aliphatic carbocycles. The van der Waals surface area contributed by atoms with Crippen LogP contribution in [0.2, 0.25) is 0 Å². The number of rotatable bonds is 6. The van der Waals surface area contributed by atoms with Crippen LogP contribution in [0.3, 0.4) is 0 Å². The van der Waals surface area contributed by atoms with E-state index < -0.39 is 11.9 Å². The second-order valence-corrected chi connectivity index (χ2v) is 6.19. The van der Waals surface area contributed by atoms with Crippen molar-refractivity contribution in [2.24, 2.45) is 5.92 Å². The third-order valence-corrected chi connectivity index (χ3v) is 4.60. The van der Waals surface area contributed by atoms with E-state index in [1.807, 2.05) is 18.2 Å². The molecule has 3 rings (SSSR count). The third-order valence-electron chi connectivity index (χ3n) is 4.60. The van der Waals surface area contributed by atoms with Crippen LogP contribution in [0.5, 0.6) is 0 Å². The highest BCUT2D eigenvalue weighted by atomic mass is 16.5. The van der Waals surface area contributed by atoms with E-state index >= 15 is 0 Å². The summed E-state index contributed by atoms with van der Waals surface area (Å²) >= 11 is 0. The Labute approximate surface area is 135 Å². The quantitative estimate of drug-likeness (QED) is 0.349. The number of esters is 1. The van der Waals surface area contributed by atoms with Crippen molar-refractivity contribution in [2.45, 2.75) is 44.6 Å². The number of carbonyl (C=O) groups excluding carboxylic acids is 3. The molecule has 0 bridgehead atoms. The standard InChI is InChI=1S/C18H21NO4/c20-16-10-9-14-12-15(17(21)19(14)16)18(22)23-11-5-4-8-13-6-2-1-3-7-13/h1-3,6-7,14-15H,4-5,8-12H2. The molecule has 0 saturated carbocycles. The number of fused-ring (bicyclic) bond motifs is 1. The first-order valence-corrected chi connectivity index (χ1v) is 8.23. The molecule has 2 heterocycles. The summed E-state index contributed by atoms with van der Waals surface area (Å²) in [5.41, 5.74) is 1.27. The van der Waals surface area contributed by atoms with Crippen molar-refractivity contribution in [2.75, 3.05) is 6.61 Å². The maximum Gasteiger partial charge on any atom is 0.318 e. The van der Waals surface area contributed by atoms with Crippen molar-refractivity contribution in [3.05, 3.63) is 35.9 Å². The zero-order chi connectivity index (χ0) is 16.2. The molecule has 0 aromatic heterocycles. The van der Waals surface area contributed by atoms with Gasteiger partial charge in [0.25, 0.3) is 0 Å². The Hall–Kier alpha value is -2.17. The van der Waals surface area contributed by atoms with Crippen LogP contribution in [0.25, 0.3) is 0 Å². The fraction of sp³-hybridized carbons (Fsp3) is 0.500. The highest BCUT2D eigenvalue weighted by molar-refractivity contribution is 6.08. The zero-order valence-corrected chi connectivity index (χ0v) is 13.1. The van der Waals surface area contributed by atoms with Gasteiger partial charge in [0.1, 0.15) is 5.92 Å². The average molecular weight is 315 g/mol. The first-order valence-electron chi connectivity index (χ1n) is 8.23. The lowest BCUT2D eigenvalue weighted by molar-refractivity contribution is -0.154. The van der Waals surface area contributed by atoms with Crippen molar-refractivity contribution < 1.29 is 19.1 Å². The highest BCUT2D eigenvalue weighted by Gasteiger charge is 2.49. The molecule has 122 valence electrons. The molecule has 0 radical (unpaired) electrons. The number of aryl methyl sites for hydroxylation is 1. The van der Waals surface area contributed by atoms with Crippen molar-refractivity contribution in [1.82, 2.24) is 4.90 Å². The fourth-order valence-electron chi connectivity index (χ4n) is 3.36. The molecule has 23 heavy (non-hydrogen) atoms. The number of imide groups is 1. The number of unbranched alkanes of at least 4 members (excludes halogenated alkanes) is 1. The second-order valence-electron chi connectivity index (χ2n) is 6.19. The molecule has 2 amide bonds. The van der Waals surface area contributed by atoms with Gasteiger partial charge in [-0.2, -0.15) is 0 Å². The number of nitrogens with zero attached hydrogens (tertiary/aromatic N) is 1. The first-order chi connectivity index (χ1) is 11.2. The van der Waals surface area contributed by atoms with Crippen LogP contribution in [0, 0.1) is 5.92 Å². The van der Waals surface area contributed by atoms with Gasteiger partial charge in [-0.25, -0.2) is 0 Å². The van der Waals surface area contributed by atoms with Crippen LogP contribution in [0.4, 0.5) is 0 Å². The lowest BCUT2D eigenvalue weighted by Crippen LogP contribution is -2.34. The summed E-state index contributed by atoms with van der Waals surface area (Å²) in [5, 5.41) is 0. The number of ether oxygens (including phenoxy) is 1. The first kappa shape index (κ1) is 15.7. The van der Waals surface area contributed by atoms with E-state index in [1.54, 1.807) is 0 Å². The monoisotopic (exact) mass is 315 g/mol. The highest BCUT2D eigenvalue weighted by Crippen LogP contribution is 2.34. The molecule has 2 fully saturated rings. The van der Waals surface area contributed by atoms with Crippen molar-refractivity contribution >= 4 is 17.8 Å². The number of carbonyl (C=O) groups is 3. The molecule has 2 atom stereocenters. The Morgan fingerprint density at radius 3 is 2.70 bits per heavy atom. The minimum atomic E-state index is -0.779. The summed E-state index contributed by atoms with van der Waals surface area (Å²) in [6, 6.07) is 10.1. The van der Waals surface area contributed by atoms with Crippen LogP contribution >= 0.6 is 0 Å². The minimum absolute atomic E-state index is 0.0920. The van der Waals surface area contributed by atoms with E-state index in [1.165, 1.54) is 10.5 Å². The molecular weight excluding hydrogens is 294 g/mol. The molecular formula is C18H21NO4. The summed E-state index contributed by atoms with van der Waals surface area (Å²) in [7, 11) is 0. The Balaban J connectivity index is 1.39. The van der Waals surface area contributed by atoms with Gasteiger partial charge in [-0.1, -0.05) is 30.3 Å². The largest absolute Gasteiger partial charge is 0.465 e. The normalized spacial score (nSPS) is 23.2. The zero-order valence-electron chi connectivity index (χ0n) is 13.1. The van der Waals surface area contributed by atoms with E-state index in [2.05, 4.69) is 12.1 Å². The molecule has 0 spiro atoms. The van der Waals surface area contributed by atoms with E-state index in [-0.39, 0.29) is 17.9 Å². The second kappa shape index (κ2) is 6.94. The van der Waals surface area contributed by atoms with Gasteiger partial charge in [-0.15, -0.1) is 0 Å². The third kappa shape index (κ3) is 3.44. The summed E-state index contributed by atoms with van der Waals surface area (Å²) in [6.07, 6.45) is 4.17. The smallest absolute Gasteiger partial charge is 0.318 e. The van der Waals surface area contributed by atoms with Gasteiger partial charge < -0.3 is 4.74 Å². The molecule has 1 aromatic carbocycles. The van der Waals surface area contributed by atoms with Crippen LogP contribution in [-0.2, 0) is 25.5 Å². The lowest BCUT2D eigenvalue weighted by Gasteiger charge is -2.12. The summed E-state index contributed by atoms with van der Waals surface area (Å²) in [6.45, 7) is 0.327. The Morgan fingerprint density at radius 2 is 1.96 bits per heavy atom. The predicted octanol–water partition coefficient (Wildman–Crippen LogP) is 2.09. The van der Waals surface area contributed by atoms with E-state index in [9.17, 15) is 14.4 Å². The lowest BCUT2D eigenvalue weighted by atomic mass is 10.0. The van der Waals surface area contributed by atoms with Crippen LogP contribution in [-0.4, -0.2) is 35.3 Å².